The Morgan fingerprint density at radius 1 is 1.44 bits per heavy atom. The molecule has 1 aliphatic rings. The molecule has 0 radical (unpaired) electrons. The highest BCUT2D eigenvalue weighted by Gasteiger charge is 2.21. The number of piperidine rings is 1. The zero-order valence-corrected chi connectivity index (χ0v) is 11.6. The molecule has 5 heteroatoms. The maximum absolute atomic E-state index is 5.65. The van der Waals surface area contributed by atoms with Crippen LogP contribution in [0.1, 0.15) is 44.4 Å². The molecule has 2 rings (SSSR count). The van der Waals surface area contributed by atoms with E-state index in [2.05, 4.69) is 28.9 Å². The average molecular weight is 253 g/mol. The van der Waals surface area contributed by atoms with Crippen molar-refractivity contribution in [2.24, 2.45) is 5.92 Å². The van der Waals surface area contributed by atoms with E-state index < -0.39 is 0 Å². The van der Waals surface area contributed by atoms with Gasteiger partial charge in [0.15, 0.2) is 0 Å². The maximum Gasteiger partial charge on any atom is 0.230 e. The Bertz CT molecular complexity index is 363. The lowest BCUT2D eigenvalue weighted by molar-refractivity contribution is 0.0829. The minimum atomic E-state index is 0.300. The Morgan fingerprint density at radius 2 is 2.28 bits per heavy atom. The van der Waals surface area contributed by atoms with Gasteiger partial charge in [0, 0.05) is 19.6 Å². The number of methoxy groups -OCH3 is 1. The van der Waals surface area contributed by atoms with Crippen LogP contribution in [0.2, 0.25) is 0 Å². The molecule has 1 atom stereocenters. The van der Waals surface area contributed by atoms with Gasteiger partial charge in [-0.15, -0.1) is 10.2 Å². The summed E-state index contributed by atoms with van der Waals surface area (Å²) in [6.45, 7) is 7.91. The summed E-state index contributed by atoms with van der Waals surface area (Å²) >= 11 is 0. The van der Waals surface area contributed by atoms with Crippen molar-refractivity contribution in [2.45, 2.75) is 39.2 Å². The van der Waals surface area contributed by atoms with Crippen molar-refractivity contribution >= 4 is 0 Å². The minimum absolute atomic E-state index is 0.300. The standard InChI is InChI=1S/C13H23N3O2/c1-10(2)13-15-14-12(18-13)8-16-6-4-5-11(7-16)9-17-3/h10-11H,4-9H2,1-3H3/t11-/m0/s1. The predicted molar refractivity (Wildman–Crippen MR) is 68.3 cm³/mol. The van der Waals surface area contributed by atoms with E-state index in [0.717, 1.165) is 38.0 Å². The fraction of sp³-hybridized carbons (Fsp3) is 0.846. The van der Waals surface area contributed by atoms with E-state index in [9.17, 15) is 0 Å². The van der Waals surface area contributed by atoms with Crippen molar-refractivity contribution in [1.29, 1.82) is 0 Å². The normalized spacial score (nSPS) is 21.7. The van der Waals surface area contributed by atoms with Crippen molar-refractivity contribution in [3.8, 4) is 0 Å². The molecule has 102 valence electrons. The van der Waals surface area contributed by atoms with E-state index in [1.165, 1.54) is 12.8 Å². The van der Waals surface area contributed by atoms with Crippen molar-refractivity contribution in [2.75, 3.05) is 26.8 Å². The molecule has 5 nitrogen and oxygen atoms in total. The second-order valence-electron chi connectivity index (χ2n) is 5.39. The van der Waals surface area contributed by atoms with Crippen molar-refractivity contribution < 1.29 is 9.15 Å². The zero-order valence-electron chi connectivity index (χ0n) is 11.6. The number of nitrogens with zero attached hydrogens (tertiary/aromatic N) is 3. The van der Waals surface area contributed by atoms with Gasteiger partial charge >= 0.3 is 0 Å². The molecule has 0 amide bonds. The fourth-order valence-corrected chi connectivity index (χ4v) is 2.42. The van der Waals surface area contributed by atoms with E-state index in [1.54, 1.807) is 7.11 Å². The van der Waals surface area contributed by atoms with Gasteiger partial charge in [0.25, 0.3) is 0 Å². The predicted octanol–water partition coefficient (Wildman–Crippen LogP) is 2.05. The average Bonchev–Trinajstić information content (AvgIpc) is 2.78. The molecule has 1 fully saturated rings. The molecule has 1 saturated heterocycles. The molecule has 1 aromatic heterocycles. The highest BCUT2D eigenvalue weighted by atomic mass is 16.5. The summed E-state index contributed by atoms with van der Waals surface area (Å²) in [5.41, 5.74) is 0. The molecular weight excluding hydrogens is 230 g/mol. The van der Waals surface area contributed by atoms with Crippen LogP contribution in [0.25, 0.3) is 0 Å². The summed E-state index contributed by atoms with van der Waals surface area (Å²) in [5.74, 6) is 2.40. The zero-order chi connectivity index (χ0) is 13.0. The van der Waals surface area contributed by atoms with Gasteiger partial charge in [0.05, 0.1) is 13.2 Å². The first kappa shape index (κ1) is 13.5. The lowest BCUT2D eigenvalue weighted by Gasteiger charge is -2.31. The Morgan fingerprint density at radius 3 is 2.94 bits per heavy atom. The number of hydrogen-bond acceptors (Lipinski definition) is 5. The second kappa shape index (κ2) is 6.29. The maximum atomic E-state index is 5.65. The fourth-order valence-electron chi connectivity index (χ4n) is 2.42. The topological polar surface area (TPSA) is 51.4 Å². The van der Waals surface area contributed by atoms with Crippen LogP contribution in [0.4, 0.5) is 0 Å². The summed E-state index contributed by atoms with van der Waals surface area (Å²) in [7, 11) is 1.77. The molecule has 0 saturated carbocycles. The van der Waals surface area contributed by atoms with E-state index in [0.29, 0.717) is 11.8 Å². The highest BCUT2D eigenvalue weighted by molar-refractivity contribution is 4.88. The molecule has 0 bridgehead atoms. The first-order valence-corrected chi connectivity index (χ1v) is 6.72. The lowest BCUT2D eigenvalue weighted by Crippen LogP contribution is -2.36. The Balaban J connectivity index is 1.87. The summed E-state index contributed by atoms with van der Waals surface area (Å²) < 4.78 is 10.9. The summed E-state index contributed by atoms with van der Waals surface area (Å²) in [4.78, 5) is 2.38. The SMILES string of the molecule is COC[C@H]1CCCN(Cc2nnc(C(C)C)o2)C1. The number of rotatable bonds is 5. The van der Waals surface area contributed by atoms with E-state index >= 15 is 0 Å². The van der Waals surface area contributed by atoms with Crippen molar-refractivity contribution in [1.82, 2.24) is 15.1 Å². The van der Waals surface area contributed by atoms with Crippen LogP contribution in [0, 0.1) is 5.92 Å². The molecule has 0 aromatic carbocycles. The number of hydrogen-bond donors (Lipinski definition) is 0. The monoisotopic (exact) mass is 253 g/mol. The lowest BCUT2D eigenvalue weighted by atomic mass is 9.99. The second-order valence-corrected chi connectivity index (χ2v) is 5.39. The molecule has 0 N–H and O–H groups in total. The first-order valence-electron chi connectivity index (χ1n) is 6.72. The molecule has 1 aromatic rings. The van der Waals surface area contributed by atoms with Crippen LogP contribution in [-0.2, 0) is 11.3 Å². The molecule has 0 spiro atoms. The van der Waals surface area contributed by atoms with Crippen LogP contribution < -0.4 is 0 Å². The van der Waals surface area contributed by atoms with Gasteiger partial charge < -0.3 is 9.15 Å². The van der Waals surface area contributed by atoms with E-state index in [1.807, 2.05) is 0 Å². The van der Waals surface area contributed by atoms with Gasteiger partial charge in [-0.3, -0.25) is 4.90 Å². The molecule has 1 aliphatic heterocycles. The van der Waals surface area contributed by atoms with Crippen LogP contribution in [-0.4, -0.2) is 41.9 Å². The Hall–Kier alpha value is -0.940. The smallest absolute Gasteiger partial charge is 0.230 e. The third-order valence-electron chi connectivity index (χ3n) is 3.34. The van der Waals surface area contributed by atoms with Gasteiger partial charge in [0.1, 0.15) is 0 Å². The molecule has 2 heterocycles. The molecule has 0 aliphatic carbocycles. The van der Waals surface area contributed by atoms with Gasteiger partial charge in [-0.05, 0) is 25.3 Å². The van der Waals surface area contributed by atoms with Crippen LogP contribution in [0.3, 0.4) is 0 Å². The van der Waals surface area contributed by atoms with Gasteiger partial charge in [-0.1, -0.05) is 13.8 Å². The Kier molecular flexibility index (Phi) is 4.72. The molecular formula is C13H23N3O2. The third kappa shape index (κ3) is 3.53. The Labute approximate surface area is 109 Å². The third-order valence-corrected chi connectivity index (χ3v) is 3.34. The molecule has 0 unspecified atom stereocenters. The largest absolute Gasteiger partial charge is 0.424 e. The first-order chi connectivity index (χ1) is 8.69. The number of likely N-dealkylation sites (tertiary alicyclic amines) is 1. The van der Waals surface area contributed by atoms with E-state index in [-0.39, 0.29) is 0 Å². The van der Waals surface area contributed by atoms with Crippen LogP contribution in [0.5, 0.6) is 0 Å². The summed E-state index contributed by atoms with van der Waals surface area (Å²) in [5, 5.41) is 8.18. The number of aromatic nitrogens is 2. The van der Waals surface area contributed by atoms with Crippen molar-refractivity contribution in [3.63, 3.8) is 0 Å². The summed E-state index contributed by atoms with van der Waals surface area (Å²) in [6.07, 6.45) is 2.48. The number of ether oxygens (including phenoxy) is 1. The van der Waals surface area contributed by atoms with Gasteiger partial charge in [-0.2, -0.15) is 0 Å². The van der Waals surface area contributed by atoms with Gasteiger partial charge in [0.2, 0.25) is 11.8 Å². The summed E-state index contributed by atoms with van der Waals surface area (Å²) in [6, 6.07) is 0. The minimum Gasteiger partial charge on any atom is -0.424 e. The van der Waals surface area contributed by atoms with Crippen molar-refractivity contribution in [3.05, 3.63) is 11.8 Å². The van der Waals surface area contributed by atoms with E-state index in [4.69, 9.17) is 9.15 Å². The van der Waals surface area contributed by atoms with Crippen LogP contribution in [0.15, 0.2) is 4.42 Å². The van der Waals surface area contributed by atoms with Crippen LogP contribution >= 0.6 is 0 Å². The van der Waals surface area contributed by atoms with Gasteiger partial charge in [-0.25, -0.2) is 0 Å². The highest BCUT2D eigenvalue weighted by Crippen LogP contribution is 2.19. The quantitative estimate of drug-likeness (QED) is 0.804. The molecule has 18 heavy (non-hydrogen) atoms.